The molecule has 3 rings (SSSR count). The Hall–Kier alpha value is -2.05. The molecule has 1 aromatic carbocycles. The van der Waals surface area contributed by atoms with Crippen molar-refractivity contribution in [2.75, 3.05) is 13.1 Å². The smallest absolute Gasteiger partial charge is 0.416 e. The summed E-state index contributed by atoms with van der Waals surface area (Å²) in [6.07, 6.45) is -3.34. The fraction of sp³-hybridized carbons (Fsp3) is 0.529. The van der Waals surface area contributed by atoms with Gasteiger partial charge in [-0.1, -0.05) is 12.1 Å². The number of rotatable bonds is 3. The number of aliphatic carboxylic acids is 1. The number of hydrogen-bond donors (Lipinski definition) is 1. The maximum absolute atomic E-state index is 12.6. The van der Waals surface area contributed by atoms with Gasteiger partial charge < -0.3 is 10.0 Å². The SMILES string of the molecule is C[C@]1(C(=O)O)CCN(C(=O)[C@H]2C[C@H]2c2ccc(C(F)(F)F)cc2)C1. The highest BCUT2D eigenvalue weighted by molar-refractivity contribution is 5.85. The predicted octanol–water partition coefficient (Wildman–Crippen LogP) is 3.13. The molecule has 130 valence electrons. The van der Waals surface area contributed by atoms with Gasteiger partial charge in [0.2, 0.25) is 5.91 Å². The molecule has 1 amide bonds. The summed E-state index contributed by atoms with van der Waals surface area (Å²) in [4.78, 5) is 25.3. The van der Waals surface area contributed by atoms with Crippen molar-refractivity contribution in [1.82, 2.24) is 4.90 Å². The molecule has 1 aliphatic heterocycles. The number of halogens is 3. The van der Waals surface area contributed by atoms with E-state index in [9.17, 15) is 27.9 Å². The van der Waals surface area contributed by atoms with Gasteiger partial charge in [0.05, 0.1) is 11.0 Å². The minimum absolute atomic E-state index is 0.0727. The second-order valence-electron chi connectivity index (χ2n) is 6.94. The minimum Gasteiger partial charge on any atom is -0.481 e. The van der Waals surface area contributed by atoms with Crippen LogP contribution in [-0.4, -0.2) is 35.0 Å². The first-order valence-electron chi connectivity index (χ1n) is 7.81. The van der Waals surface area contributed by atoms with E-state index in [0.29, 0.717) is 19.4 Å². The Labute approximate surface area is 137 Å². The van der Waals surface area contributed by atoms with E-state index in [2.05, 4.69) is 0 Å². The number of benzene rings is 1. The number of nitrogens with zero attached hydrogens (tertiary/aromatic N) is 1. The highest BCUT2D eigenvalue weighted by Crippen LogP contribution is 2.49. The fourth-order valence-electron chi connectivity index (χ4n) is 3.31. The van der Waals surface area contributed by atoms with E-state index in [4.69, 9.17) is 0 Å². The Balaban J connectivity index is 1.63. The molecule has 1 saturated heterocycles. The zero-order valence-electron chi connectivity index (χ0n) is 13.1. The van der Waals surface area contributed by atoms with Crippen molar-refractivity contribution < 1.29 is 27.9 Å². The number of hydrogen-bond acceptors (Lipinski definition) is 2. The van der Waals surface area contributed by atoms with Gasteiger partial charge in [-0.2, -0.15) is 13.2 Å². The van der Waals surface area contributed by atoms with Gasteiger partial charge in [-0.15, -0.1) is 0 Å². The zero-order valence-corrected chi connectivity index (χ0v) is 13.1. The molecule has 1 aliphatic carbocycles. The number of carboxylic acid groups (broad SMARTS) is 1. The summed E-state index contributed by atoms with van der Waals surface area (Å²) in [5, 5.41) is 9.22. The van der Waals surface area contributed by atoms with Gasteiger partial charge in [-0.05, 0) is 43.4 Å². The van der Waals surface area contributed by atoms with Crippen LogP contribution in [0.4, 0.5) is 13.2 Å². The molecular weight excluding hydrogens is 323 g/mol. The van der Waals surface area contributed by atoms with Gasteiger partial charge >= 0.3 is 12.1 Å². The summed E-state index contributed by atoms with van der Waals surface area (Å²) >= 11 is 0. The van der Waals surface area contributed by atoms with Crippen molar-refractivity contribution in [2.24, 2.45) is 11.3 Å². The molecule has 2 fully saturated rings. The Morgan fingerprint density at radius 2 is 1.88 bits per heavy atom. The molecule has 1 saturated carbocycles. The lowest BCUT2D eigenvalue weighted by Gasteiger charge is -2.20. The Bertz CT molecular complexity index is 671. The molecule has 1 N–H and O–H groups in total. The maximum atomic E-state index is 12.6. The summed E-state index contributed by atoms with van der Waals surface area (Å²) in [5.41, 5.74) is -0.887. The predicted molar refractivity (Wildman–Crippen MR) is 79.2 cm³/mol. The minimum atomic E-state index is -4.37. The number of amides is 1. The summed E-state index contributed by atoms with van der Waals surface area (Å²) < 4.78 is 37.7. The molecule has 1 aromatic rings. The molecule has 0 spiro atoms. The Morgan fingerprint density at radius 3 is 2.38 bits per heavy atom. The van der Waals surface area contributed by atoms with Gasteiger partial charge in [0.25, 0.3) is 0 Å². The average Bonchev–Trinajstić information content (AvgIpc) is 3.21. The number of carbonyl (C=O) groups excluding carboxylic acids is 1. The van der Waals surface area contributed by atoms with Crippen LogP contribution in [0, 0.1) is 11.3 Å². The first-order chi connectivity index (χ1) is 11.1. The van der Waals surface area contributed by atoms with Crippen LogP contribution in [0.1, 0.15) is 36.8 Å². The monoisotopic (exact) mass is 341 g/mol. The highest BCUT2D eigenvalue weighted by Gasteiger charge is 2.50. The van der Waals surface area contributed by atoms with Crippen LogP contribution in [-0.2, 0) is 15.8 Å². The van der Waals surface area contributed by atoms with E-state index in [1.807, 2.05) is 0 Å². The third kappa shape index (κ3) is 2.99. The van der Waals surface area contributed by atoms with Crippen molar-refractivity contribution in [3.63, 3.8) is 0 Å². The third-order valence-corrected chi connectivity index (χ3v) is 5.08. The van der Waals surface area contributed by atoms with Crippen LogP contribution in [0.15, 0.2) is 24.3 Å². The van der Waals surface area contributed by atoms with Gasteiger partial charge in [0, 0.05) is 19.0 Å². The zero-order chi connectivity index (χ0) is 17.7. The highest BCUT2D eigenvalue weighted by atomic mass is 19.4. The lowest BCUT2D eigenvalue weighted by Crippen LogP contribution is -2.35. The molecule has 0 bridgehead atoms. The topological polar surface area (TPSA) is 57.6 Å². The number of carbonyl (C=O) groups is 2. The molecule has 1 heterocycles. The van der Waals surface area contributed by atoms with Gasteiger partial charge in [0.15, 0.2) is 0 Å². The summed E-state index contributed by atoms with van der Waals surface area (Å²) in [6, 6.07) is 4.91. The van der Waals surface area contributed by atoms with Gasteiger partial charge in [-0.25, -0.2) is 0 Å². The van der Waals surface area contributed by atoms with E-state index in [0.717, 1.165) is 17.7 Å². The Morgan fingerprint density at radius 1 is 1.25 bits per heavy atom. The summed E-state index contributed by atoms with van der Waals surface area (Å²) in [5.74, 6) is -1.33. The van der Waals surface area contributed by atoms with Crippen molar-refractivity contribution in [3.05, 3.63) is 35.4 Å². The van der Waals surface area contributed by atoms with Crippen molar-refractivity contribution in [2.45, 2.75) is 31.9 Å². The number of likely N-dealkylation sites (tertiary alicyclic amines) is 1. The van der Waals surface area contributed by atoms with E-state index in [1.165, 1.54) is 12.1 Å². The lowest BCUT2D eigenvalue weighted by atomic mass is 9.90. The van der Waals surface area contributed by atoms with Crippen LogP contribution in [0.2, 0.25) is 0 Å². The van der Waals surface area contributed by atoms with Crippen molar-refractivity contribution in [3.8, 4) is 0 Å². The largest absolute Gasteiger partial charge is 0.481 e. The fourth-order valence-corrected chi connectivity index (χ4v) is 3.31. The molecule has 2 aliphatic rings. The molecule has 0 radical (unpaired) electrons. The molecule has 3 atom stereocenters. The second kappa shape index (κ2) is 5.50. The first kappa shape index (κ1) is 16.8. The van der Waals surface area contributed by atoms with E-state index in [-0.39, 0.29) is 24.3 Å². The van der Waals surface area contributed by atoms with Crippen LogP contribution >= 0.6 is 0 Å². The van der Waals surface area contributed by atoms with E-state index >= 15 is 0 Å². The molecule has 24 heavy (non-hydrogen) atoms. The number of carboxylic acids is 1. The average molecular weight is 341 g/mol. The number of alkyl halides is 3. The van der Waals surface area contributed by atoms with E-state index < -0.39 is 23.1 Å². The first-order valence-corrected chi connectivity index (χ1v) is 7.81. The molecular formula is C17H18F3NO3. The molecule has 0 aromatic heterocycles. The van der Waals surface area contributed by atoms with Gasteiger partial charge in [0.1, 0.15) is 0 Å². The Kier molecular flexibility index (Phi) is 3.85. The standard InChI is InChI=1S/C17H18F3NO3/c1-16(15(23)24)6-7-21(9-16)14(22)13-8-12(13)10-2-4-11(5-3-10)17(18,19)20/h2-5,12-13H,6-9H2,1H3,(H,23,24)/t12-,13-,16-/m0/s1. The molecule has 4 nitrogen and oxygen atoms in total. The lowest BCUT2D eigenvalue weighted by molar-refractivity contribution is -0.147. The van der Waals surface area contributed by atoms with Crippen LogP contribution < -0.4 is 0 Å². The van der Waals surface area contributed by atoms with Crippen LogP contribution in [0.25, 0.3) is 0 Å². The second-order valence-corrected chi connectivity index (χ2v) is 6.94. The molecule has 7 heteroatoms. The quantitative estimate of drug-likeness (QED) is 0.919. The van der Waals surface area contributed by atoms with Gasteiger partial charge in [-0.3, -0.25) is 9.59 Å². The normalized spacial score (nSPS) is 29.6. The molecule has 0 unspecified atom stereocenters. The summed E-state index contributed by atoms with van der Waals surface area (Å²) in [6.45, 7) is 2.23. The summed E-state index contributed by atoms with van der Waals surface area (Å²) in [7, 11) is 0. The van der Waals surface area contributed by atoms with Crippen molar-refractivity contribution >= 4 is 11.9 Å². The van der Waals surface area contributed by atoms with Crippen LogP contribution in [0.5, 0.6) is 0 Å². The van der Waals surface area contributed by atoms with Crippen molar-refractivity contribution in [1.29, 1.82) is 0 Å². The van der Waals surface area contributed by atoms with E-state index in [1.54, 1.807) is 11.8 Å². The van der Waals surface area contributed by atoms with Crippen LogP contribution in [0.3, 0.4) is 0 Å². The third-order valence-electron chi connectivity index (χ3n) is 5.08. The maximum Gasteiger partial charge on any atom is 0.416 e.